The zero-order valence-electron chi connectivity index (χ0n) is 11.4. The minimum Gasteiger partial charge on any atom is -0.444 e. The van der Waals surface area contributed by atoms with Crippen molar-refractivity contribution in [3.05, 3.63) is 0 Å². The van der Waals surface area contributed by atoms with Crippen LogP contribution in [0.3, 0.4) is 0 Å². The van der Waals surface area contributed by atoms with Crippen molar-refractivity contribution in [2.45, 2.75) is 65.5 Å². The van der Waals surface area contributed by atoms with Gasteiger partial charge in [-0.15, -0.1) is 0 Å². The van der Waals surface area contributed by atoms with Gasteiger partial charge in [0.2, 0.25) is 0 Å². The van der Waals surface area contributed by atoms with Crippen molar-refractivity contribution >= 4 is 11.9 Å². The van der Waals surface area contributed by atoms with Crippen LogP contribution in [0.1, 0.15) is 53.9 Å². The predicted octanol–water partition coefficient (Wildman–Crippen LogP) is 2.66. The fourth-order valence-electron chi connectivity index (χ4n) is 2.07. The highest BCUT2D eigenvalue weighted by molar-refractivity contribution is 5.85. The second-order valence-electron chi connectivity index (χ2n) is 6.39. The summed E-state index contributed by atoms with van der Waals surface area (Å²) in [6.45, 7) is 9.36. The highest BCUT2D eigenvalue weighted by Gasteiger charge is 2.36. The van der Waals surface area contributed by atoms with Crippen LogP contribution in [-0.4, -0.2) is 23.5 Å². The number of carbonyl (C=O) groups excluding carboxylic acids is 2. The molecule has 0 aromatic heterocycles. The molecule has 0 saturated heterocycles. The number of ether oxygens (including phenoxy) is 1. The SMILES string of the molecule is CC(C)(C)OC(=O)N[C@H]1CCC(=O)C(C)(C)C1. The van der Waals surface area contributed by atoms with Crippen LogP contribution in [0.25, 0.3) is 0 Å². The number of hydrogen-bond donors (Lipinski definition) is 1. The monoisotopic (exact) mass is 241 g/mol. The van der Waals surface area contributed by atoms with E-state index in [4.69, 9.17) is 4.74 Å². The van der Waals surface area contributed by atoms with Crippen molar-refractivity contribution in [3.63, 3.8) is 0 Å². The van der Waals surface area contributed by atoms with Gasteiger partial charge in [0.1, 0.15) is 11.4 Å². The Balaban J connectivity index is 2.49. The van der Waals surface area contributed by atoms with E-state index in [-0.39, 0.29) is 17.2 Å². The van der Waals surface area contributed by atoms with Gasteiger partial charge in [0.25, 0.3) is 0 Å². The Bertz CT molecular complexity index is 315. The van der Waals surface area contributed by atoms with Crippen molar-refractivity contribution in [1.82, 2.24) is 5.32 Å². The van der Waals surface area contributed by atoms with Gasteiger partial charge in [-0.3, -0.25) is 4.79 Å². The zero-order chi connectivity index (χ0) is 13.3. The lowest BCUT2D eigenvalue weighted by Gasteiger charge is -2.34. The van der Waals surface area contributed by atoms with Crippen LogP contribution in [0.2, 0.25) is 0 Å². The minimum atomic E-state index is -0.482. The van der Waals surface area contributed by atoms with Crippen LogP contribution in [0.4, 0.5) is 4.79 Å². The lowest BCUT2D eigenvalue weighted by Crippen LogP contribution is -2.45. The highest BCUT2D eigenvalue weighted by atomic mass is 16.6. The molecule has 1 atom stereocenters. The summed E-state index contributed by atoms with van der Waals surface area (Å²) in [6, 6.07) is 0.0394. The Hall–Kier alpha value is -1.06. The van der Waals surface area contributed by atoms with Crippen LogP contribution in [-0.2, 0) is 9.53 Å². The Morgan fingerprint density at radius 3 is 2.47 bits per heavy atom. The number of nitrogens with one attached hydrogen (secondary N) is 1. The molecule has 1 fully saturated rings. The standard InChI is InChI=1S/C13H23NO3/c1-12(2,3)17-11(16)14-9-6-7-10(15)13(4,5)8-9/h9H,6-8H2,1-5H3,(H,14,16)/t9-/m0/s1. The Morgan fingerprint density at radius 2 is 2.00 bits per heavy atom. The van der Waals surface area contributed by atoms with E-state index in [9.17, 15) is 9.59 Å². The molecular formula is C13H23NO3. The number of carbonyl (C=O) groups is 2. The molecule has 1 amide bonds. The second kappa shape index (κ2) is 4.67. The average Bonchev–Trinajstić information content (AvgIpc) is 2.07. The first-order valence-electron chi connectivity index (χ1n) is 6.13. The van der Waals surface area contributed by atoms with Gasteiger partial charge in [-0.2, -0.15) is 0 Å². The number of ketones is 1. The van der Waals surface area contributed by atoms with Gasteiger partial charge >= 0.3 is 6.09 Å². The molecule has 0 heterocycles. The van der Waals surface area contributed by atoms with Gasteiger partial charge in [-0.25, -0.2) is 4.79 Å². The van der Waals surface area contributed by atoms with Crippen molar-refractivity contribution in [1.29, 1.82) is 0 Å². The maximum atomic E-state index is 11.6. The Kier molecular flexibility index (Phi) is 3.84. The smallest absolute Gasteiger partial charge is 0.407 e. The number of rotatable bonds is 1. The molecule has 0 radical (unpaired) electrons. The molecular weight excluding hydrogens is 218 g/mol. The van der Waals surface area contributed by atoms with E-state index in [1.807, 2.05) is 34.6 Å². The summed E-state index contributed by atoms with van der Waals surface area (Å²) in [6.07, 6.45) is 1.53. The van der Waals surface area contributed by atoms with Crippen LogP contribution >= 0.6 is 0 Å². The minimum absolute atomic E-state index is 0.0394. The molecule has 4 heteroatoms. The number of alkyl carbamates (subject to hydrolysis) is 1. The number of Topliss-reactive ketones (excluding diaryl/α,β-unsaturated/α-hetero) is 1. The van der Waals surface area contributed by atoms with E-state index in [0.29, 0.717) is 19.3 Å². The number of amides is 1. The third-order valence-corrected chi connectivity index (χ3v) is 2.95. The molecule has 4 nitrogen and oxygen atoms in total. The summed E-state index contributed by atoms with van der Waals surface area (Å²) < 4.78 is 5.20. The first kappa shape index (κ1) is 14.0. The van der Waals surface area contributed by atoms with E-state index in [0.717, 1.165) is 0 Å². The van der Waals surface area contributed by atoms with Crippen LogP contribution < -0.4 is 5.32 Å². The average molecular weight is 241 g/mol. The highest BCUT2D eigenvalue weighted by Crippen LogP contribution is 2.32. The lowest BCUT2D eigenvalue weighted by molar-refractivity contribution is -0.130. The molecule has 17 heavy (non-hydrogen) atoms. The van der Waals surface area contributed by atoms with E-state index >= 15 is 0 Å². The Labute approximate surface area is 103 Å². The molecule has 1 N–H and O–H groups in total. The van der Waals surface area contributed by atoms with Gasteiger partial charge in [0, 0.05) is 17.9 Å². The largest absolute Gasteiger partial charge is 0.444 e. The summed E-state index contributed by atoms with van der Waals surface area (Å²) >= 11 is 0. The van der Waals surface area contributed by atoms with Gasteiger partial charge in [0.15, 0.2) is 0 Å². The maximum absolute atomic E-state index is 11.6. The first-order chi connectivity index (χ1) is 7.60. The summed E-state index contributed by atoms with van der Waals surface area (Å²) in [7, 11) is 0. The van der Waals surface area contributed by atoms with Crippen molar-refractivity contribution in [2.24, 2.45) is 5.41 Å². The molecule has 0 bridgehead atoms. The molecule has 98 valence electrons. The van der Waals surface area contributed by atoms with Crippen molar-refractivity contribution < 1.29 is 14.3 Å². The fourth-order valence-corrected chi connectivity index (χ4v) is 2.07. The fraction of sp³-hybridized carbons (Fsp3) is 0.846. The lowest BCUT2D eigenvalue weighted by atomic mass is 9.74. The molecule has 0 unspecified atom stereocenters. The van der Waals surface area contributed by atoms with Crippen molar-refractivity contribution in [2.75, 3.05) is 0 Å². The van der Waals surface area contributed by atoms with E-state index in [1.165, 1.54) is 0 Å². The molecule has 1 aliphatic carbocycles. The number of hydrogen-bond acceptors (Lipinski definition) is 3. The van der Waals surface area contributed by atoms with Gasteiger partial charge in [-0.05, 0) is 33.6 Å². The molecule has 0 aliphatic heterocycles. The van der Waals surface area contributed by atoms with E-state index in [2.05, 4.69) is 5.32 Å². The van der Waals surface area contributed by atoms with Crippen molar-refractivity contribution in [3.8, 4) is 0 Å². The quantitative estimate of drug-likeness (QED) is 0.768. The van der Waals surface area contributed by atoms with Gasteiger partial charge in [0.05, 0.1) is 0 Å². The normalized spacial score (nSPS) is 24.3. The third-order valence-electron chi connectivity index (χ3n) is 2.95. The summed E-state index contributed by atoms with van der Waals surface area (Å²) in [5.74, 6) is 0.278. The second-order valence-corrected chi connectivity index (χ2v) is 6.39. The molecule has 1 aliphatic rings. The summed E-state index contributed by atoms with van der Waals surface area (Å²) in [5.41, 5.74) is -0.817. The van der Waals surface area contributed by atoms with E-state index in [1.54, 1.807) is 0 Å². The van der Waals surface area contributed by atoms with E-state index < -0.39 is 11.7 Å². The predicted molar refractivity (Wildman–Crippen MR) is 65.8 cm³/mol. The van der Waals surface area contributed by atoms with Crippen LogP contribution in [0.5, 0.6) is 0 Å². The molecule has 1 rings (SSSR count). The Morgan fingerprint density at radius 1 is 1.41 bits per heavy atom. The topological polar surface area (TPSA) is 55.4 Å². The summed E-state index contributed by atoms with van der Waals surface area (Å²) in [5, 5.41) is 2.84. The van der Waals surface area contributed by atoms with Crippen LogP contribution in [0, 0.1) is 5.41 Å². The molecule has 0 aromatic rings. The first-order valence-corrected chi connectivity index (χ1v) is 6.13. The maximum Gasteiger partial charge on any atom is 0.407 e. The third kappa shape index (κ3) is 4.36. The van der Waals surface area contributed by atoms with Gasteiger partial charge < -0.3 is 10.1 Å². The molecule has 1 saturated carbocycles. The van der Waals surface area contributed by atoms with Crippen LogP contribution in [0.15, 0.2) is 0 Å². The zero-order valence-corrected chi connectivity index (χ0v) is 11.4. The summed E-state index contributed by atoms with van der Waals surface area (Å²) in [4.78, 5) is 23.2. The van der Waals surface area contributed by atoms with Gasteiger partial charge in [-0.1, -0.05) is 13.8 Å². The molecule has 0 aromatic carbocycles. The molecule has 0 spiro atoms.